The minimum Gasteiger partial charge on any atom is -0.481 e. The highest BCUT2D eigenvalue weighted by Crippen LogP contribution is 2.17. The molecule has 1 amide bonds. The number of hydrogen-bond donors (Lipinski definition) is 1. The van der Waals surface area contributed by atoms with Crippen LogP contribution >= 0.6 is 15.9 Å². The van der Waals surface area contributed by atoms with Crippen LogP contribution in [0.1, 0.15) is 12.5 Å². The molecule has 0 radical (unpaired) electrons. The fraction of sp³-hybridized carbons (Fsp3) is 0.125. The summed E-state index contributed by atoms with van der Waals surface area (Å²) < 4.78 is 6.41. The summed E-state index contributed by atoms with van der Waals surface area (Å²) >= 11 is 3.32. The maximum Gasteiger partial charge on any atom is 0.280 e. The summed E-state index contributed by atoms with van der Waals surface area (Å²) in [6.45, 7) is 1.61. The van der Waals surface area contributed by atoms with Crippen molar-refractivity contribution in [1.82, 2.24) is 5.43 Å². The van der Waals surface area contributed by atoms with Gasteiger partial charge in [0.25, 0.3) is 11.6 Å². The second kappa shape index (κ2) is 8.21. The summed E-state index contributed by atoms with van der Waals surface area (Å²) in [5.41, 5.74) is 2.98. The van der Waals surface area contributed by atoms with Crippen LogP contribution in [-0.4, -0.2) is 23.1 Å². The van der Waals surface area contributed by atoms with Crippen molar-refractivity contribution >= 4 is 33.7 Å². The first kappa shape index (κ1) is 17.6. The second-order valence-corrected chi connectivity index (χ2v) is 5.71. The molecule has 24 heavy (non-hydrogen) atoms. The van der Waals surface area contributed by atoms with E-state index in [-0.39, 0.29) is 5.69 Å². The van der Waals surface area contributed by atoms with Crippen molar-refractivity contribution in [2.75, 3.05) is 0 Å². The molecule has 1 unspecified atom stereocenters. The smallest absolute Gasteiger partial charge is 0.280 e. The molecule has 0 bridgehead atoms. The number of hydrogen-bond acceptors (Lipinski definition) is 5. The average molecular weight is 392 g/mol. The highest BCUT2D eigenvalue weighted by molar-refractivity contribution is 9.10. The molecule has 0 fully saturated rings. The lowest BCUT2D eigenvalue weighted by Crippen LogP contribution is -2.33. The van der Waals surface area contributed by atoms with Gasteiger partial charge in [-0.15, -0.1) is 0 Å². The maximum absolute atomic E-state index is 11.9. The third kappa shape index (κ3) is 5.17. The van der Waals surface area contributed by atoms with Gasteiger partial charge >= 0.3 is 0 Å². The van der Waals surface area contributed by atoms with E-state index in [0.29, 0.717) is 11.3 Å². The Morgan fingerprint density at radius 1 is 1.25 bits per heavy atom. The number of carbonyl (C=O) groups is 1. The van der Waals surface area contributed by atoms with E-state index in [9.17, 15) is 14.9 Å². The standard InChI is InChI=1S/C16H14BrN3O4/c1-11(24-15-8-4-13(17)5-9-15)16(21)19-18-10-12-2-6-14(7-3-12)20(22)23/h2-11H,1H3,(H,19,21)/b18-10+. The molecule has 7 nitrogen and oxygen atoms in total. The first-order chi connectivity index (χ1) is 11.5. The highest BCUT2D eigenvalue weighted by Gasteiger charge is 2.13. The summed E-state index contributed by atoms with van der Waals surface area (Å²) in [5.74, 6) is 0.163. The lowest BCUT2D eigenvalue weighted by molar-refractivity contribution is -0.384. The molecule has 2 aromatic carbocycles. The Bertz CT molecular complexity index is 745. The van der Waals surface area contributed by atoms with Crippen LogP contribution in [0.3, 0.4) is 0 Å². The molecule has 0 saturated carbocycles. The third-order valence-electron chi connectivity index (χ3n) is 2.99. The molecule has 0 saturated heterocycles. The van der Waals surface area contributed by atoms with Crippen LogP contribution in [0, 0.1) is 10.1 Å². The summed E-state index contributed by atoms with van der Waals surface area (Å²) in [5, 5.41) is 14.4. The van der Waals surface area contributed by atoms with Gasteiger partial charge in [0.15, 0.2) is 6.10 Å². The van der Waals surface area contributed by atoms with Gasteiger partial charge in [-0.2, -0.15) is 5.10 Å². The van der Waals surface area contributed by atoms with Crippen LogP contribution in [0.25, 0.3) is 0 Å². The molecule has 1 atom stereocenters. The Hall–Kier alpha value is -2.74. The number of nitrogens with one attached hydrogen (secondary N) is 1. The van der Waals surface area contributed by atoms with Gasteiger partial charge in [0.2, 0.25) is 0 Å². The predicted octanol–water partition coefficient (Wildman–Crippen LogP) is 3.27. The van der Waals surface area contributed by atoms with Crippen LogP contribution in [0.2, 0.25) is 0 Å². The van der Waals surface area contributed by atoms with Crippen molar-refractivity contribution in [3.8, 4) is 5.75 Å². The van der Waals surface area contributed by atoms with E-state index in [2.05, 4.69) is 26.5 Å². The van der Waals surface area contributed by atoms with E-state index in [1.807, 2.05) is 12.1 Å². The number of halogens is 1. The molecule has 8 heteroatoms. The summed E-state index contributed by atoms with van der Waals surface area (Å²) in [7, 11) is 0. The first-order valence-corrected chi connectivity index (χ1v) is 7.74. The Labute approximate surface area is 146 Å². The molecule has 124 valence electrons. The lowest BCUT2D eigenvalue weighted by Gasteiger charge is -2.12. The van der Waals surface area contributed by atoms with Crippen molar-refractivity contribution in [1.29, 1.82) is 0 Å². The largest absolute Gasteiger partial charge is 0.481 e. The fourth-order valence-corrected chi connectivity index (χ4v) is 1.98. The summed E-state index contributed by atoms with van der Waals surface area (Å²) in [6.07, 6.45) is 0.675. The molecular formula is C16H14BrN3O4. The first-order valence-electron chi connectivity index (χ1n) is 6.95. The normalized spacial score (nSPS) is 11.9. The van der Waals surface area contributed by atoms with Crippen molar-refractivity contribution in [2.24, 2.45) is 5.10 Å². The zero-order chi connectivity index (χ0) is 17.5. The molecule has 2 rings (SSSR count). The van der Waals surface area contributed by atoms with E-state index < -0.39 is 16.9 Å². The van der Waals surface area contributed by atoms with Gasteiger partial charge in [-0.05, 0) is 48.9 Å². The van der Waals surface area contributed by atoms with Gasteiger partial charge in [0.1, 0.15) is 5.75 Å². The van der Waals surface area contributed by atoms with Crippen molar-refractivity contribution in [3.63, 3.8) is 0 Å². The molecule has 0 aromatic heterocycles. The van der Waals surface area contributed by atoms with Crippen molar-refractivity contribution in [2.45, 2.75) is 13.0 Å². The maximum atomic E-state index is 11.9. The average Bonchev–Trinajstić information content (AvgIpc) is 2.57. The number of nitro groups is 1. The van der Waals surface area contributed by atoms with Crippen LogP contribution in [0.5, 0.6) is 5.75 Å². The monoisotopic (exact) mass is 391 g/mol. The number of rotatable bonds is 6. The van der Waals surface area contributed by atoms with E-state index in [0.717, 1.165) is 4.47 Å². The second-order valence-electron chi connectivity index (χ2n) is 4.80. The van der Waals surface area contributed by atoms with Gasteiger partial charge in [-0.3, -0.25) is 14.9 Å². The number of nitro benzene ring substituents is 1. The number of benzene rings is 2. The molecule has 0 aliphatic carbocycles. The quantitative estimate of drug-likeness (QED) is 0.464. The number of non-ortho nitro benzene ring substituents is 1. The van der Waals surface area contributed by atoms with E-state index in [4.69, 9.17) is 4.74 Å². The van der Waals surface area contributed by atoms with Crippen molar-refractivity contribution in [3.05, 3.63) is 68.7 Å². The molecule has 0 spiro atoms. The Morgan fingerprint density at radius 3 is 2.46 bits per heavy atom. The summed E-state index contributed by atoms with van der Waals surface area (Å²) in [6, 6.07) is 12.9. The number of nitrogens with zero attached hydrogens (tertiary/aromatic N) is 2. The molecule has 0 aliphatic rings. The van der Waals surface area contributed by atoms with Gasteiger partial charge in [0, 0.05) is 16.6 Å². The number of amides is 1. The Kier molecular flexibility index (Phi) is 6.02. The van der Waals surface area contributed by atoms with Gasteiger partial charge < -0.3 is 4.74 Å². The van der Waals surface area contributed by atoms with Gasteiger partial charge in [-0.1, -0.05) is 15.9 Å². The number of carbonyl (C=O) groups excluding carboxylic acids is 1. The van der Waals surface area contributed by atoms with E-state index >= 15 is 0 Å². The van der Waals surface area contributed by atoms with E-state index in [1.165, 1.54) is 30.5 Å². The Morgan fingerprint density at radius 2 is 1.88 bits per heavy atom. The van der Waals surface area contributed by atoms with E-state index in [1.54, 1.807) is 19.1 Å². The van der Waals surface area contributed by atoms with Crippen LogP contribution in [-0.2, 0) is 4.79 Å². The van der Waals surface area contributed by atoms with Crippen LogP contribution in [0.4, 0.5) is 5.69 Å². The van der Waals surface area contributed by atoms with Crippen LogP contribution < -0.4 is 10.2 Å². The highest BCUT2D eigenvalue weighted by atomic mass is 79.9. The molecule has 2 aromatic rings. The topological polar surface area (TPSA) is 93.8 Å². The zero-order valence-corrected chi connectivity index (χ0v) is 14.3. The fourth-order valence-electron chi connectivity index (χ4n) is 1.71. The minimum absolute atomic E-state index is 0.00675. The SMILES string of the molecule is CC(Oc1ccc(Br)cc1)C(=O)N/N=C/c1ccc([N+](=O)[O-])cc1. The van der Waals surface area contributed by atoms with Gasteiger partial charge in [0.05, 0.1) is 11.1 Å². The molecular weight excluding hydrogens is 378 g/mol. The zero-order valence-electron chi connectivity index (χ0n) is 12.7. The molecule has 1 N–H and O–H groups in total. The lowest BCUT2D eigenvalue weighted by atomic mass is 10.2. The van der Waals surface area contributed by atoms with Gasteiger partial charge in [-0.25, -0.2) is 5.43 Å². The van der Waals surface area contributed by atoms with Crippen LogP contribution in [0.15, 0.2) is 58.1 Å². The van der Waals surface area contributed by atoms with Crippen molar-refractivity contribution < 1.29 is 14.5 Å². The Balaban J connectivity index is 1.87. The predicted molar refractivity (Wildman–Crippen MR) is 93.1 cm³/mol. The third-order valence-corrected chi connectivity index (χ3v) is 3.52. The number of hydrazone groups is 1. The number of ether oxygens (including phenoxy) is 1. The molecule has 0 aliphatic heterocycles. The summed E-state index contributed by atoms with van der Waals surface area (Å²) in [4.78, 5) is 22.0. The minimum atomic E-state index is -0.722. The molecule has 0 heterocycles.